The Balaban J connectivity index is 2.80. The molecule has 6 nitrogen and oxygen atoms in total. The van der Waals surface area contributed by atoms with Crippen LogP contribution in [0.4, 0.5) is 0 Å². The maximum absolute atomic E-state index is 10.9. The molecule has 6 heteroatoms. The van der Waals surface area contributed by atoms with Crippen LogP contribution in [0.15, 0.2) is 0 Å². The van der Waals surface area contributed by atoms with E-state index in [1.165, 1.54) is 0 Å². The van der Waals surface area contributed by atoms with Crippen LogP contribution in [0.3, 0.4) is 0 Å². The van der Waals surface area contributed by atoms with Gasteiger partial charge in [-0.25, -0.2) is 0 Å². The third kappa shape index (κ3) is 1.96. The molecule has 0 spiro atoms. The first kappa shape index (κ1) is 9.94. The Hall–Kier alpha value is -1.14. The fraction of sp³-hybridized carbons (Fsp3) is 0.714. The van der Waals surface area contributed by atoms with E-state index in [2.05, 4.69) is 0 Å². The van der Waals surface area contributed by atoms with Crippen LogP contribution < -0.4 is 11.5 Å². The molecule has 2 atom stereocenters. The Morgan fingerprint density at radius 1 is 1.31 bits per heavy atom. The van der Waals surface area contributed by atoms with Crippen molar-refractivity contribution in [3.8, 4) is 0 Å². The minimum atomic E-state index is -0.966. The van der Waals surface area contributed by atoms with Crippen molar-refractivity contribution >= 4 is 11.8 Å². The second-order valence-corrected chi connectivity index (χ2v) is 3.16. The Morgan fingerprint density at radius 2 is 1.92 bits per heavy atom. The zero-order valence-electron chi connectivity index (χ0n) is 7.14. The monoisotopic (exact) mass is 187 g/mol. The maximum Gasteiger partial charge on any atom is 0.237 e. The van der Waals surface area contributed by atoms with Crippen molar-refractivity contribution in [2.45, 2.75) is 18.9 Å². The number of nitrogens with two attached hydrogens (primary N) is 2. The molecule has 13 heavy (non-hydrogen) atoms. The molecule has 1 fully saturated rings. The minimum Gasteiger partial charge on any atom is -0.369 e. The van der Waals surface area contributed by atoms with Crippen LogP contribution in [-0.2, 0) is 9.59 Å². The van der Waals surface area contributed by atoms with Gasteiger partial charge in [0.1, 0.15) is 6.04 Å². The summed E-state index contributed by atoms with van der Waals surface area (Å²) in [5, 5.41) is 10.1. The van der Waals surface area contributed by atoms with Gasteiger partial charge in [-0.3, -0.25) is 9.59 Å². The second kappa shape index (κ2) is 3.71. The first-order chi connectivity index (χ1) is 6.04. The SMILES string of the molecule is NC(=O)C1CCCN(O)C1C(N)=O. The summed E-state index contributed by atoms with van der Waals surface area (Å²) in [6.45, 7) is 0.345. The molecule has 0 aromatic carbocycles. The van der Waals surface area contributed by atoms with Crippen molar-refractivity contribution in [1.29, 1.82) is 0 Å². The average molecular weight is 187 g/mol. The predicted molar refractivity (Wildman–Crippen MR) is 43.4 cm³/mol. The smallest absolute Gasteiger partial charge is 0.237 e. The molecule has 2 amide bonds. The van der Waals surface area contributed by atoms with Gasteiger partial charge in [0.25, 0.3) is 0 Å². The van der Waals surface area contributed by atoms with Crippen LogP contribution in [0.2, 0.25) is 0 Å². The quantitative estimate of drug-likeness (QED) is 0.485. The van der Waals surface area contributed by atoms with Crippen LogP contribution in [0.5, 0.6) is 0 Å². The van der Waals surface area contributed by atoms with Gasteiger partial charge in [-0.1, -0.05) is 0 Å². The molecule has 5 N–H and O–H groups in total. The van der Waals surface area contributed by atoms with Crippen LogP contribution in [0.25, 0.3) is 0 Å². The number of rotatable bonds is 2. The van der Waals surface area contributed by atoms with Crippen LogP contribution in [0.1, 0.15) is 12.8 Å². The molecule has 0 aliphatic carbocycles. The van der Waals surface area contributed by atoms with Crippen molar-refractivity contribution in [2.75, 3.05) is 6.54 Å². The molecule has 0 bridgehead atoms. The topological polar surface area (TPSA) is 110 Å². The number of primary amides is 2. The zero-order valence-corrected chi connectivity index (χ0v) is 7.14. The summed E-state index contributed by atoms with van der Waals surface area (Å²) in [5.41, 5.74) is 10.1. The van der Waals surface area contributed by atoms with Crippen LogP contribution >= 0.6 is 0 Å². The number of hydrogen-bond donors (Lipinski definition) is 3. The molecule has 1 aliphatic rings. The standard InChI is InChI=1S/C7H13N3O3/c8-6(11)4-2-1-3-10(13)5(4)7(9)12/h4-5,13H,1-3H2,(H2,8,11)(H2,9,12). The molecule has 1 aliphatic heterocycles. The molecule has 0 saturated carbocycles. The van der Waals surface area contributed by atoms with Crippen LogP contribution in [-0.4, -0.2) is 34.7 Å². The first-order valence-corrected chi connectivity index (χ1v) is 4.08. The maximum atomic E-state index is 10.9. The highest BCUT2D eigenvalue weighted by Gasteiger charge is 2.38. The van der Waals surface area contributed by atoms with Gasteiger partial charge in [0.15, 0.2) is 0 Å². The number of carbonyl (C=O) groups is 2. The first-order valence-electron chi connectivity index (χ1n) is 4.08. The molecule has 74 valence electrons. The van der Waals surface area contributed by atoms with Gasteiger partial charge in [0.2, 0.25) is 11.8 Å². The molecule has 1 rings (SSSR count). The number of hydrogen-bond acceptors (Lipinski definition) is 4. The largest absolute Gasteiger partial charge is 0.369 e. The fourth-order valence-electron chi connectivity index (χ4n) is 1.62. The van der Waals surface area contributed by atoms with Gasteiger partial charge in [-0.05, 0) is 12.8 Å². The summed E-state index contributed by atoms with van der Waals surface area (Å²) < 4.78 is 0. The average Bonchev–Trinajstić information content (AvgIpc) is 2.02. The van der Waals surface area contributed by atoms with Crippen molar-refractivity contribution < 1.29 is 14.8 Å². The lowest BCUT2D eigenvalue weighted by atomic mass is 9.89. The third-order valence-corrected chi connectivity index (χ3v) is 2.26. The lowest BCUT2D eigenvalue weighted by Gasteiger charge is -2.33. The van der Waals surface area contributed by atoms with E-state index in [0.29, 0.717) is 19.4 Å². The van der Waals surface area contributed by atoms with Gasteiger partial charge < -0.3 is 16.7 Å². The van der Waals surface area contributed by atoms with E-state index in [1.807, 2.05) is 0 Å². The number of carbonyl (C=O) groups excluding carboxylic acids is 2. The molecule has 2 unspecified atom stereocenters. The Bertz CT molecular complexity index is 231. The van der Waals surface area contributed by atoms with Crippen molar-refractivity contribution in [3.63, 3.8) is 0 Å². The van der Waals surface area contributed by atoms with E-state index >= 15 is 0 Å². The minimum absolute atomic E-state index is 0.345. The van der Waals surface area contributed by atoms with E-state index in [-0.39, 0.29) is 0 Å². The van der Waals surface area contributed by atoms with Crippen molar-refractivity contribution in [2.24, 2.45) is 17.4 Å². The number of piperidine rings is 1. The summed E-state index contributed by atoms with van der Waals surface area (Å²) in [6.07, 6.45) is 1.13. The molecule has 0 aromatic rings. The summed E-state index contributed by atoms with van der Waals surface area (Å²) in [5.74, 6) is -1.98. The molecule has 1 saturated heterocycles. The van der Waals surface area contributed by atoms with Crippen LogP contribution in [0, 0.1) is 5.92 Å². The highest BCUT2D eigenvalue weighted by molar-refractivity contribution is 5.88. The van der Waals surface area contributed by atoms with Gasteiger partial charge in [0.05, 0.1) is 5.92 Å². The lowest BCUT2D eigenvalue weighted by molar-refractivity contribution is -0.174. The predicted octanol–water partition coefficient (Wildman–Crippen LogP) is -1.57. The van der Waals surface area contributed by atoms with E-state index in [0.717, 1.165) is 5.06 Å². The molecular formula is C7H13N3O3. The van der Waals surface area contributed by atoms with E-state index < -0.39 is 23.8 Å². The summed E-state index contributed by atoms with van der Waals surface area (Å²) in [7, 11) is 0. The fourth-order valence-corrected chi connectivity index (χ4v) is 1.62. The second-order valence-electron chi connectivity index (χ2n) is 3.16. The Kier molecular flexibility index (Phi) is 2.84. The third-order valence-electron chi connectivity index (χ3n) is 2.26. The molecule has 0 radical (unpaired) electrons. The molecule has 0 aromatic heterocycles. The zero-order chi connectivity index (χ0) is 10.0. The Labute approximate surface area is 75.4 Å². The molecular weight excluding hydrogens is 174 g/mol. The molecule has 1 heterocycles. The van der Waals surface area contributed by atoms with Gasteiger partial charge in [-0.2, -0.15) is 5.06 Å². The number of amides is 2. The van der Waals surface area contributed by atoms with E-state index in [1.54, 1.807) is 0 Å². The van der Waals surface area contributed by atoms with Gasteiger partial charge in [0, 0.05) is 6.54 Å². The summed E-state index contributed by atoms with van der Waals surface area (Å²) in [4.78, 5) is 21.8. The van der Waals surface area contributed by atoms with E-state index in [9.17, 15) is 14.8 Å². The van der Waals surface area contributed by atoms with Gasteiger partial charge >= 0.3 is 0 Å². The number of hydroxylamine groups is 2. The van der Waals surface area contributed by atoms with E-state index in [4.69, 9.17) is 11.5 Å². The summed E-state index contributed by atoms with van der Waals surface area (Å²) >= 11 is 0. The van der Waals surface area contributed by atoms with Crippen molar-refractivity contribution in [1.82, 2.24) is 5.06 Å². The normalized spacial score (nSPS) is 29.9. The lowest BCUT2D eigenvalue weighted by Crippen LogP contribution is -2.54. The highest BCUT2D eigenvalue weighted by atomic mass is 16.5. The highest BCUT2D eigenvalue weighted by Crippen LogP contribution is 2.21. The van der Waals surface area contributed by atoms with Crippen molar-refractivity contribution in [3.05, 3.63) is 0 Å². The summed E-state index contributed by atoms with van der Waals surface area (Å²) in [6, 6.07) is -0.966. The number of nitrogens with zero attached hydrogens (tertiary/aromatic N) is 1. The van der Waals surface area contributed by atoms with Gasteiger partial charge in [-0.15, -0.1) is 0 Å². The Morgan fingerprint density at radius 3 is 2.31 bits per heavy atom.